The third-order valence-electron chi connectivity index (χ3n) is 2.67. The maximum atomic E-state index is 12.2. The Balaban J connectivity index is 2.73. The van der Waals surface area contributed by atoms with Crippen molar-refractivity contribution in [1.82, 2.24) is 10.6 Å². The van der Waals surface area contributed by atoms with Crippen molar-refractivity contribution < 1.29 is 24.2 Å². The zero-order valence-electron chi connectivity index (χ0n) is 13.5. The number of amides is 2. The van der Waals surface area contributed by atoms with Gasteiger partial charge in [-0.15, -0.1) is 0 Å². The highest BCUT2D eigenvalue weighted by atomic mass is 16.6. The van der Waals surface area contributed by atoms with Crippen molar-refractivity contribution in [2.24, 2.45) is 0 Å². The predicted octanol–water partition coefficient (Wildman–Crippen LogP) is 0.294. The van der Waals surface area contributed by atoms with Crippen LogP contribution in [0.25, 0.3) is 0 Å². The van der Waals surface area contributed by atoms with E-state index in [1.807, 2.05) is 0 Å². The number of ether oxygens (including phenoxy) is 1. The SMILES string of the molecule is CC(C)(C)OC(=O)CNC(=O)C(NC(=O)CO)c1ccccc1. The molecular formula is C16H22N2O5. The average molecular weight is 322 g/mol. The quantitative estimate of drug-likeness (QED) is 0.653. The summed E-state index contributed by atoms with van der Waals surface area (Å²) in [5, 5.41) is 13.7. The molecule has 7 nitrogen and oxygen atoms in total. The van der Waals surface area contributed by atoms with Gasteiger partial charge in [-0.3, -0.25) is 14.4 Å². The van der Waals surface area contributed by atoms with Gasteiger partial charge in [0.2, 0.25) is 11.8 Å². The first-order valence-corrected chi connectivity index (χ1v) is 7.17. The smallest absolute Gasteiger partial charge is 0.325 e. The fourth-order valence-corrected chi connectivity index (χ4v) is 1.79. The van der Waals surface area contributed by atoms with E-state index in [4.69, 9.17) is 9.84 Å². The van der Waals surface area contributed by atoms with Gasteiger partial charge < -0.3 is 20.5 Å². The summed E-state index contributed by atoms with van der Waals surface area (Å²) in [5.41, 5.74) is -0.109. The average Bonchev–Trinajstić information content (AvgIpc) is 2.49. The van der Waals surface area contributed by atoms with Crippen LogP contribution in [0.15, 0.2) is 30.3 Å². The number of aliphatic hydroxyl groups is 1. The van der Waals surface area contributed by atoms with E-state index in [0.717, 1.165) is 0 Å². The van der Waals surface area contributed by atoms with Gasteiger partial charge in [0, 0.05) is 0 Å². The van der Waals surface area contributed by atoms with Gasteiger partial charge in [0.25, 0.3) is 0 Å². The first-order valence-electron chi connectivity index (χ1n) is 7.17. The fourth-order valence-electron chi connectivity index (χ4n) is 1.79. The third-order valence-corrected chi connectivity index (χ3v) is 2.67. The van der Waals surface area contributed by atoms with Crippen LogP contribution in [-0.4, -0.2) is 41.6 Å². The molecule has 0 aliphatic heterocycles. The molecule has 0 bridgehead atoms. The molecule has 3 N–H and O–H groups in total. The van der Waals surface area contributed by atoms with Crippen molar-refractivity contribution >= 4 is 17.8 Å². The molecule has 0 heterocycles. The fraction of sp³-hybridized carbons (Fsp3) is 0.438. The maximum absolute atomic E-state index is 12.2. The number of carbonyl (C=O) groups is 3. The van der Waals surface area contributed by atoms with Gasteiger partial charge in [-0.05, 0) is 26.3 Å². The molecule has 1 atom stereocenters. The van der Waals surface area contributed by atoms with E-state index >= 15 is 0 Å². The number of carbonyl (C=O) groups excluding carboxylic acids is 3. The van der Waals surface area contributed by atoms with E-state index < -0.39 is 36.0 Å². The lowest BCUT2D eigenvalue weighted by Gasteiger charge is -2.21. The van der Waals surface area contributed by atoms with Crippen LogP contribution in [-0.2, 0) is 19.1 Å². The standard InChI is InChI=1S/C16H22N2O5/c1-16(2,3)23-13(21)9-17-15(22)14(18-12(20)10-19)11-7-5-4-6-8-11/h4-8,14,19H,9-10H2,1-3H3,(H,17,22)(H,18,20). The Hall–Kier alpha value is -2.41. The predicted molar refractivity (Wildman–Crippen MR) is 83.3 cm³/mol. The molecule has 0 fully saturated rings. The minimum atomic E-state index is -1.00. The first kappa shape index (κ1) is 18.6. The number of esters is 1. The van der Waals surface area contributed by atoms with Gasteiger partial charge in [0.1, 0.15) is 24.8 Å². The number of aliphatic hydroxyl groups excluding tert-OH is 1. The molecule has 0 saturated heterocycles. The molecule has 1 rings (SSSR count). The van der Waals surface area contributed by atoms with Crippen molar-refractivity contribution in [3.05, 3.63) is 35.9 Å². The highest BCUT2D eigenvalue weighted by Crippen LogP contribution is 2.13. The Morgan fingerprint density at radius 2 is 1.78 bits per heavy atom. The normalized spacial score (nSPS) is 12.2. The molecule has 0 aliphatic carbocycles. The molecule has 1 unspecified atom stereocenters. The van der Waals surface area contributed by atoms with Crippen LogP contribution >= 0.6 is 0 Å². The van der Waals surface area contributed by atoms with E-state index in [1.165, 1.54) is 0 Å². The Kier molecular flexibility index (Phi) is 6.71. The van der Waals surface area contributed by atoms with E-state index in [9.17, 15) is 14.4 Å². The first-order chi connectivity index (χ1) is 10.7. The summed E-state index contributed by atoms with van der Waals surface area (Å²) in [6, 6.07) is 7.53. The van der Waals surface area contributed by atoms with Gasteiger partial charge in [-0.2, -0.15) is 0 Å². The molecule has 0 radical (unpaired) electrons. The summed E-state index contributed by atoms with van der Waals surface area (Å²) in [7, 11) is 0. The molecule has 0 spiro atoms. The highest BCUT2D eigenvalue weighted by molar-refractivity contribution is 5.90. The summed E-state index contributed by atoms with van der Waals surface area (Å²) in [4.78, 5) is 35.3. The van der Waals surface area contributed by atoms with Crippen molar-refractivity contribution in [3.63, 3.8) is 0 Å². The Morgan fingerprint density at radius 1 is 1.17 bits per heavy atom. The van der Waals surface area contributed by atoms with Crippen LogP contribution in [0.3, 0.4) is 0 Å². The number of benzene rings is 1. The molecule has 0 saturated carbocycles. The van der Waals surface area contributed by atoms with Gasteiger partial charge in [0.15, 0.2) is 0 Å². The summed E-state index contributed by atoms with van der Waals surface area (Å²) in [5.74, 6) is -1.83. The Labute approximate surface area is 135 Å². The van der Waals surface area contributed by atoms with E-state index in [-0.39, 0.29) is 6.54 Å². The molecule has 2 amide bonds. The molecule has 1 aromatic rings. The van der Waals surface area contributed by atoms with Crippen LogP contribution in [0.4, 0.5) is 0 Å². The van der Waals surface area contributed by atoms with Crippen molar-refractivity contribution in [2.45, 2.75) is 32.4 Å². The topological polar surface area (TPSA) is 105 Å². The van der Waals surface area contributed by atoms with Gasteiger partial charge in [-0.25, -0.2) is 0 Å². The van der Waals surface area contributed by atoms with Crippen LogP contribution in [0, 0.1) is 0 Å². The zero-order valence-corrected chi connectivity index (χ0v) is 13.5. The summed E-state index contributed by atoms with van der Waals surface area (Å²) < 4.78 is 5.09. The lowest BCUT2D eigenvalue weighted by atomic mass is 10.1. The van der Waals surface area contributed by atoms with Crippen LogP contribution < -0.4 is 10.6 Å². The lowest BCUT2D eigenvalue weighted by molar-refractivity contribution is -0.154. The van der Waals surface area contributed by atoms with Crippen molar-refractivity contribution in [3.8, 4) is 0 Å². The summed E-state index contributed by atoms with van der Waals surface area (Å²) in [6.07, 6.45) is 0. The summed E-state index contributed by atoms with van der Waals surface area (Å²) in [6.45, 7) is 4.13. The maximum Gasteiger partial charge on any atom is 0.325 e. The molecule has 0 aliphatic rings. The summed E-state index contributed by atoms with van der Waals surface area (Å²) >= 11 is 0. The number of hydrogen-bond acceptors (Lipinski definition) is 5. The third kappa shape index (κ3) is 6.92. The zero-order chi connectivity index (χ0) is 17.5. The Morgan fingerprint density at radius 3 is 2.30 bits per heavy atom. The van der Waals surface area contributed by atoms with Crippen molar-refractivity contribution in [1.29, 1.82) is 0 Å². The number of hydrogen-bond donors (Lipinski definition) is 3. The minimum absolute atomic E-state index is 0.311. The number of nitrogens with one attached hydrogen (secondary N) is 2. The van der Waals surface area contributed by atoms with E-state index in [0.29, 0.717) is 5.56 Å². The Bertz CT molecular complexity index is 551. The van der Waals surface area contributed by atoms with Crippen LogP contribution in [0.2, 0.25) is 0 Å². The second kappa shape index (κ2) is 8.28. The molecule has 7 heteroatoms. The van der Waals surface area contributed by atoms with Crippen LogP contribution in [0.5, 0.6) is 0 Å². The minimum Gasteiger partial charge on any atom is -0.459 e. The van der Waals surface area contributed by atoms with Gasteiger partial charge in [0.05, 0.1) is 0 Å². The monoisotopic (exact) mass is 322 g/mol. The van der Waals surface area contributed by atoms with Gasteiger partial charge in [-0.1, -0.05) is 30.3 Å². The van der Waals surface area contributed by atoms with E-state index in [1.54, 1.807) is 51.1 Å². The van der Waals surface area contributed by atoms with E-state index in [2.05, 4.69) is 10.6 Å². The van der Waals surface area contributed by atoms with Gasteiger partial charge >= 0.3 is 5.97 Å². The lowest BCUT2D eigenvalue weighted by Crippen LogP contribution is -2.43. The molecular weight excluding hydrogens is 300 g/mol. The second-order valence-corrected chi connectivity index (χ2v) is 5.87. The largest absolute Gasteiger partial charge is 0.459 e. The highest BCUT2D eigenvalue weighted by Gasteiger charge is 2.24. The second-order valence-electron chi connectivity index (χ2n) is 5.87. The molecule has 23 heavy (non-hydrogen) atoms. The molecule has 126 valence electrons. The molecule has 0 aromatic heterocycles. The number of rotatable bonds is 6. The van der Waals surface area contributed by atoms with Crippen LogP contribution in [0.1, 0.15) is 32.4 Å². The molecule has 1 aromatic carbocycles. The van der Waals surface area contributed by atoms with Crippen molar-refractivity contribution in [2.75, 3.05) is 13.2 Å².